The number of halogens is 1. The van der Waals surface area contributed by atoms with Crippen LogP contribution in [-0.2, 0) is 14.2 Å². The first-order chi connectivity index (χ1) is 12.9. The molecule has 1 N–H and O–H groups in total. The molecule has 3 heterocycles. The van der Waals surface area contributed by atoms with Gasteiger partial charge in [0.2, 0.25) is 0 Å². The first-order valence-corrected chi connectivity index (χ1v) is 9.27. The molecular formula is C19H25FN2O5. The SMILES string of the molecule is CC1(C)CN(c2ccc(N3C[C@H](CO)OC3=O)cc2F)CCC12OCCO2. The predicted molar refractivity (Wildman–Crippen MR) is 96.3 cm³/mol. The fraction of sp³-hybridized carbons (Fsp3) is 0.632. The van der Waals surface area contributed by atoms with Gasteiger partial charge in [0.15, 0.2) is 5.79 Å². The van der Waals surface area contributed by atoms with Crippen LogP contribution in [0.1, 0.15) is 20.3 Å². The molecule has 3 aliphatic heterocycles. The fourth-order valence-electron chi connectivity index (χ4n) is 4.24. The lowest BCUT2D eigenvalue weighted by Crippen LogP contribution is -2.58. The number of ether oxygens (including phenoxy) is 3. The summed E-state index contributed by atoms with van der Waals surface area (Å²) in [6, 6.07) is 4.74. The van der Waals surface area contributed by atoms with Gasteiger partial charge >= 0.3 is 6.09 Å². The summed E-state index contributed by atoms with van der Waals surface area (Å²) in [6.45, 7) is 6.51. The molecule has 0 radical (unpaired) electrons. The van der Waals surface area contributed by atoms with Crippen LogP contribution in [-0.4, -0.2) is 62.5 Å². The molecule has 1 amide bonds. The van der Waals surface area contributed by atoms with E-state index < -0.39 is 23.8 Å². The van der Waals surface area contributed by atoms with Crippen LogP contribution < -0.4 is 9.80 Å². The van der Waals surface area contributed by atoms with Gasteiger partial charge in [0, 0.05) is 24.9 Å². The van der Waals surface area contributed by atoms with Gasteiger partial charge in [-0.1, -0.05) is 13.8 Å². The summed E-state index contributed by atoms with van der Waals surface area (Å²) in [6.07, 6.45) is -0.485. The van der Waals surface area contributed by atoms with Crippen molar-refractivity contribution >= 4 is 17.5 Å². The third-order valence-corrected chi connectivity index (χ3v) is 5.74. The second kappa shape index (κ2) is 6.61. The van der Waals surface area contributed by atoms with E-state index in [0.29, 0.717) is 44.1 Å². The minimum atomic E-state index is -0.599. The molecule has 1 spiro atoms. The van der Waals surface area contributed by atoms with Crippen molar-refractivity contribution in [2.75, 3.05) is 49.3 Å². The van der Waals surface area contributed by atoms with Gasteiger partial charge in [-0.05, 0) is 18.2 Å². The molecule has 1 aromatic carbocycles. The van der Waals surface area contributed by atoms with Crippen LogP contribution in [0.2, 0.25) is 0 Å². The third kappa shape index (κ3) is 3.05. The van der Waals surface area contributed by atoms with Crippen LogP contribution in [0.3, 0.4) is 0 Å². The Hall–Kier alpha value is -1.90. The number of hydrogen-bond acceptors (Lipinski definition) is 6. The topological polar surface area (TPSA) is 71.5 Å². The maximum atomic E-state index is 14.9. The van der Waals surface area contributed by atoms with E-state index in [2.05, 4.69) is 13.8 Å². The Kier molecular flexibility index (Phi) is 4.52. The lowest BCUT2D eigenvalue weighted by molar-refractivity contribution is -0.235. The maximum absolute atomic E-state index is 14.9. The summed E-state index contributed by atoms with van der Waals surface area (Å²) >= 11 is 0. The number of nitrogens with zero attached hydrogens (tertiary/aromatic N) is 2. The standard InChI is InChI=1S/C19H25FN2O5/c1-18(2)12-21(6-5-19(18)25-7-8-26-19)16-4-3-13(9-15(16)20)22-10-14(11-23)27-17(22)24/h3-4,9,14,23H,5-8,10-12H2,1-2H3/t14-/m1/s1. The smallest absolute Gasteiger partial charge is 0.414 e. The highest BCUT2D eigenvalue weighted by molar-refractivity contribution is 5.90. The van der Waals surface area contributed by atoms with Crippen molar-refractivity contribution < 1.29 is 28.5 Å². The lowest BCUT2D eigenvalue weighted by Gasteiger charge is -2.50. The first-order valence-electron chi connectivity index (χ1n) is 9.27. The lowest BCUT2D eigenvalue weighted by atomic mass is 9.77. The van der Waals surface area contributed by atoms with E-state index >= 15 is 0 Å². The monoisotopic (exact) mass is 380 g/mol. The highest BCUT2D eigenvalue weighted by atomic mass is 19.1. The first kappa shape index (κ1) is 18.5. The summed E-state index contributed by atoms with van der Waals surface area (Å²) in [7, 11) is 0. The van der Waals surface area contributed by atoms with Crippen LogP contribution in [0.15, 0.2) is 18.2 Å². The van der Waals surface area contributed by atoms with Crippen LogP contribution in [0, 0.1) is 11.2 Å². The van der Waals surface area contributed by atoms with Crippen LogP contribution in [0.4, 0.5) is 20.6 Å². The van der Waals surface area contributed by atoms with Gasteiger partial charge in [-0.3, -0.25) is 4.90 Å². The molecule has 8 heteroatoms. The summed E-state index contributed by atoms with van der Waals surface area (Å²) < 4.78 is 31.7. The maximum Gasteiger partial charge on any atom is 0.414 e. The number of benzene rings is 1. The van der Waals surface area contributed by atoms with Crippen molar-refractivity contribution in [2.24, 2.45) is 5.41 Å². The normalized spacial score (nSPS) is 26.7. The zero-order valence-corrected chi connectivity index (χ0v) is 15.6. The largest absolute Gasteiger partial charge is 0.441 e. The number of carbonyl (C=O) groups is 1. The number of aliphatic hydroxyl groups excluding tert-OH is 1. The average molecular weight is 380 g/mol. The van der Waals surface area contributed by atoms with Crippen molar-refractivity contribution in [3.05, 3.63) is 24.0 Å². The van der Waals surface area contributed by atoms with Crippen LogP contribution in [0.5, 0.6) is 0 Å². The van der Waals surface area contributed by atoms with Crippen molar-refractivity contribution in [1.29, 1.82) is 0 Å². The molecule has 1 aromatic rings. The number of hydrogen-bond donors (Lipinski definition) is 1. The number of piperidine rings is 1. The van der Waals surface area contributed by atoms with Crippen molar-refractivity contribution in [2.45, 2.75) is 32.2 Å². The van der Waals surface area contributed by atoms with E-state index in [-0.39, 0.29) is 18.6 Å². The Labute approximate surface area is 157 Å². The molecule has 3 saturated heterocycles. The molecule has 1 atom stereocenters. The zero-order valence-electron chi connectivity index (χ0n) is 15.6. The molecular weight excluding hydrogens is 355 g/mol. The molecule has 0 bridgehead atoms. The molecule has 148 valence electrons. The van der Waals surface area contributed by atoms with E-state index in [1.54, 1.807) is 12.1 Å². The highest BCUT2D eigenvalue weighted by Gasteiger charge is 2.53. The van der Waals surface area contributed by atoms with Gasteiger partial charge in [-0.15, -0.1) is 0 Å². The van der Waals surface area contributed by atoms with E-state index in [4.69, 9.17) is 19.3 Å². The fourth-order valence-corrected chi connectivity index (χ4v) is 4.24. The van der Waals surface area contributed by atoms with Gasteiger partial charge in [0.25, 0.3) is 0 Å². The van der Waals surface area contributed by atoms with Gasteiger partial charge in [-0.2, -0.15) is 0 Å². The summed E-state index contributed by atoms with van der Waals surface area (Å²) in [5.74, 6) is -0.994. The Balaban J connectivity index is 1.53. The third-order valence-electron chi connectivity index (χ3n) is 5.74. The van der Waals surface area contributed by atoms with E-state index in [1.807, 2.05) is 4.90 Å². The van der Waals surface area contributed by atoms with E-state index in [9.17, 15) is 9.18 Å². The van der Waals surface area contributed by atoms with Gasteiger partial charge in [-0.25, -0.2) is 9.18 Å². The molecule has 3 fully saturated rings. The quantitative estimate of drug-likeness (QED) is 0.866. The second-order valence-corrected chi connectivity index (χ2v) is 7.94. The molecule has 4 rings (SSSR count). The number of amides is 1. The van der Waals surface area contributed by atoms with Crippen LogP contribution in [0.25, 0.3) is 0 Å². The minimum Gasteiger partial charge on any atom is -0.441 e. The van der Waals surface area contributed by atoms with Crippen molar-refractivity contribution in [3.8, 4) is 0 Å². The van der Waals surface area contributed by atoms with Gasteiger partial charge < -0.3 is 24.2 Å². The Morgan fingerprint density at radius 3 is 2.63 bits per heavy atom. The number of carbonyl (C=O) groups excluding carboxylic acids is 1. The Bertz CT molecular complexity index is 735. The van der Waals surface area contributed by atoms with Crippen molar-refractivity contribution in [3.63, 3.8) is 0 Å². The minimum absolute atomic E-state index is 0.210. The van der Waals surface area contributed by atoms with Crippen molar-refractivity contribution in [1.82, 2.24) is 0 Å². The average Bonchev–Trinajstić information content (AvgIpc) is 3.25. The number of anilines is 2. The van der Waals surface area contributed by atoms with Crippen LogP contribution >= 0.6 is 0 Å². The Morgan fingerprint density at radius 2 is 2.04 bits per heavy atom. The zero-order chi connectivity index (χ0) is 19.2. The highest BCUT2D eigenvalue weighted by Crippen LogP contribution is 2.46. The summed E-state index contributed by atoms with van der Waals surface area (Å²) in [5, 5.41) is 9.15. The van der Waals surface area contributed by atoms with Gasteiger partial charge in [0.05, 0.1) is 37.7 Å². The molecule has 0 unspecified atom stereocenters. The molecule has 7 nitrogen and oxygen atoms in total. The van der Waals surface area contributed by atoms with E-state index in [0.717, 1.165) is 0 Å². The number of aliphatic hydroxyl groups is 1. The van der Waals surface area contributed by atoms with E-state index in [1.165, 1.54) is 11.0 Å². The number of rotatable bonds is 3. The Morgan fingerprint density at radius 1 is 1.30 bits per heavy atom. The van der Waals surface area contributed by atoms with Gasteiger partial charge in [0.1, 0.15) is 11.9 Å². The summed E-state index contributed by atoms with van der Waals surface area (Å²) in [4.78, 5) is 15.2. The second-order valence-electron chi connectivity index (χ2n) is 7.94. The molecule has 0 aromatic heterocycles. The molecule has 27 heavy (non-hydrogen) atoms. The summed E-state index contributed by atoms with van der Waals surface area (Å²) in [5.41, 5.74) is 0.623. The molecule has 0 aliphatic carbocycles. The number of cyclic esters (lactones) is 1. The predicted octanol–water partition coefficient (Wildman–Crippen LogP) is 2.12. The molecule has 0 saturated carbocycles. The molecule has 3 aliphatic rings.